The molecule has 0 aliphatic rings. The zero-order valence-corrected chi connectivity index (χ0v) is 12.9. The zero-order chi connectivity index (χ0) is 15.2. The number of thioether (sulfide) groups is 1. The first kappa shape index (κ1) is 15.3. The smallest absolute Gasteiger partial charge is 0.259 e. The Morgan fingerprint density at radius 2 is 2.05 bits per heavy atom. The monoisotopic (exact) mass is 302 g/mol. The summed E-state index contributed by atoms with van der Waals surface area (Å²) >= 11 is 1.68. The van der Waals surface area contributed by atoms with Gasteiger partial charge in [0, 0.05) is 10.6 Å². The maximum absolute atomic E-state index is 12.4. The van der Waals surface area contributed by atoms with Crippen molar-refractivity contribution in [2.75, 3.05) is 23.9 Å². The number of hydrogen-bond acceptors (Lipinski definition) is 4. The number of nitrogens with one attached hydrogen (secondary N) is 1. The van der Waals surface area contributed by atoms with Crippen LogP contribution in [0.3, 0.4) is 0 Å². The number of amides is 1. The van der Waals surface area contributed by atoms with Gasteiger partial charge in [0.2, 0.25) is 0 Å². The summed E-state index contributed by atoms with van der Waals surface area (Å²) in [5, 5.41) is 2.92. The standard InChI is InChI=1S/C16H18N2O2S/c1-3-21-15-7-5-4-6-13(15)18-16(19)12-10-11(17)8-9-14(12)20-2/h4-10H,3,17H2,1-2H3,(H,18,19). The molecule has 0 saturated heterocycles. The molecule has 2 aromatic carbocycles. The highest BCUT2D eigenvalue weighted by Crippen LogP contribution is 2.28. The molecule has 0 atom stereocenters. The number of ether oxygens (including phenoxy) is 1. The minimum atomic E-state index is -0.233. The number of nitrogens with two attached hydrogens (primary N) is 1. The molecule has 2 aromatic rings. The van der Waals surface area contributed by atoms with Crippen molar-refractivity contribution in [2.24, 2.45) is 0 Å². The van der Waals surface area contributed by atoms with Crippen LogP contribution in [0.2, 0.25) is 0 Å². The van der Waals surface area contributed by atoms with Gasteiger partial charge in [0.1, 0.15) is 5.75 Å². The number of nitrogen functional groups attached to an aromatic ring is 1. The van der Waals surface area contributed by atoms with Crippen LogP contribution >= 0.6 is 11.8 Å². The Morgan fingerprint density at radius 1 is 1.29 bits per heavy atom. The number of carbonyl (C=O) groups is 1. The average Bonchev–Trinajstić information content (AvgIpc) is 2.49. The Labute approximate surface area is 128 Å². The largest absolute Gasteiger partial charge is 0.496 e. The van der Waals surface area contributed by atoms with Crippen molar-refractivity contribution in [1.29, 1.82) is 0 Å². The lowest BCUT2D eigenvalue weighted by Crippen LogP contribution is -2.14. The molecule has 110 valence electrons. The molecule has 0 radical (unpaired) electrons. The second-order valence-electron chi connectivity index (χ2n) is 4.34. The second kappa shape index (κ2) is 7.04. The lowest BCUT2D eigenvalue weighted by Gasteiger charge is -2.12. The number of anilines is 2. The number of hydrogen-bond donors (Lipinski definition) is 2. The van der Waals surface area contributed by atoms with Gasteiger partial charge in [-0.2, -0.15) is 0 Å². The van der Waals surface area contributed by atoms with E-state index in [1.807, 2.05) is 24.3 Å². The first-order valence-corrected chi connectivity index (χ1v) is 7.61. The van der Waals surface area contributed by atoms with Gasteiger partial charge in [0.15, 0.2) is 0 Å². The lowest BCUT2D eigenvalue weighted by molar-refractivity contribution is 0.102. The van der Waals surface area contributed by atoms with Gasteiger partial charge < -0.3 is 15.8 Å². The van der Waals surface area contributed by atoms with Crippen LogP contribution in [-0.4, -0.2) is 18.8 Å². The maximum atomic E-state index is 12.4. The third-order valence-corrected chi connectivity index (χ3v) is 3.86. The first-order chi connectivity index (χ1) is 10.2. The fourth-order valence-corrected chi connectivity index (χ4v) is 2.70. The summed E-state index contributed by atoms with van der Waals surface area (Å²) in [6, 6.07) is 12.7. The molecule has 0 heterocycles. The Bertz CT molecular complexity index is 644. The quantitative estimate of drug-likeness (QED) is 0.654. The van der Waals surface area contributed by atoms with Crippen LogP contribution in [-0.2, 0) is 0 Å². The van der Waals surface area contributed by atoms with Crippen LogP contribution in [0.1, 0.15) is 17.3 Å². The van der Waals surface area contributed by atoms with E-state index in [1.165, 1.54) is 7.11 Å². The van der Waals surface area contributed by atoms with Gasteiger partial charge in [-0.25, -0.2) is 0 Å². The number of methoxy groups -OCH3 is 1. The van der Waals surface area contributed by atoms with Crippen molar-refractivity contribution < 1.29 is 9.53 Å². The van der Waals surface area contributed by atoms with E-state index in [2.05, 4.69) is 12.2 Å². The van der Waals surface area contributed by atoms with Gasteiger partial charge in [-0.15, -0.1) is 11.8 Å². The highest BCUT2D eigenvalue weighted by atomic mass is 32.2. The molecule has 0 aromatic heterocycles. The Kier molecular flexibility index (Phi) is 5.11. The van der Waals surface area contributed by atoms with Gasteiger partial charge in [-0.3, -0.25) is 4.79 Å². The molecule has 0 bridgehead atoms. The summed E-state index contributed by atoms with van der Waals surface area (Å²) in [5.41, 5.74) is 7.49. The highest BCUT2D eigenvalue weighted by molar-refractivity contribution is 7.99. The summed E-state index contributed by atoms with van der Waals surface area (Å²) in [6.45, 7) is 2.07. The fraction of sp³-hybridized carbons (Fsp3) is 0.188. The average molecular weight is 302 g/mol. The lowest BCUT2D eigenvalue weighted by atomic mass is 10.1. The van der Waals surface area contributed by atoms with Gasteiger partial charge in [0.05, 0.1) is 18.4 Å². The van der Waals surface area contributed by atoms with Crippen molar-refractivity contribution in [3.63, 3.8) is 0 Å². The maximum Gasteiger partial charge on any atom is 0.259 e. The second-order valence-corrected chi connectivity index (χ2v) is 5.65. The van der Waals surface area contributed by atoms with Gasteiger partial charge in [-0.1, -0.05) is 19.1 Å². The molecule has 2 rings (SSSR count). The van der Waals surface area contributed by atoms with Crippen molar-refractivity contribution >= 4 is 29.0 Å². The molecule has 5 heteroatoms. The topological polar surface area (TPSA) is 64.4 Å². The summed E-state index contributed by atoms with van der Waals surface area (Å²) in [7, 11) is 1.53. The van der Waals surface area contributed by atoms with Gasteiger partial charge in [-0.05, 0) is 36.1 Å². The number of rotatable bonds is 5. The Balaban J connectivity index is 2.28. The number of carbonyl (C=O) groups excluding carboxylic acids is 1. The first-order valence-electron chi connectivity index (χ1n) is 6.62. The van der Waals surface area contributed by atoms with E-state index in [9.17, 15) is 4.79 Å². The summed E-state index contributed by atoms with van der Waals surface area (Å²) < 4.78 is 5.22. The summed E-state index contributed by atoms with van der Waals surface area (Å²) in [4.78, 5) is 13.5. The van der Waals surface area contributed by atoms with Crippen molar-refractivity contribution in [3.05, 3.63) is 48.0 Å². The van der Waals surface area contributed by atoms with Crippen LogP contribution < -0.4 is 15.8 Å². The van der Waals surface area contributed by atoms with Crippen LogP contribution in [0.4, 0.5) is 11.4 Å². The van der Waals surface area contributed by atoms with Crippen molar-refractivity contribution in [3.8, 4) is 5.75 Å². The number of benzene rings is 2. The third-order valence-electron chi connectivity index (χ3n) is 2.90. The van der Waals surface area contributed by atoms with E-state index in [0.717, 1.165) is 16.3 Å². The van der Waals surface area contributed by atoms with Crippen LogP contribution in [0.5, 0.6) is 5.75 Å². The van der Waals surface area contributed by atoms with Crippen LogP contribution in [0.25, 0.3) is 0 Å². The molecule has 0 fully saturated rings. The van der Waals surface area contributed by atoms with E-state index in [1.54, 1.807) is 30.0 Å². The normalized spacial score (nSPS) is 10.2. The van der Waals surface area contributed by atoms with Crippen LogP contribution in [0.15, 0.2) is 47.4 Å². The molecule has 0 aliphatic carbocycles. The van der Waals surface area contributed by atoms with E-state index in [4.69, 9.17) is 10.5 Å². The van der Waals surface area contributed by atoms with E-state index < -0.39 is 0 Å². The molecule has 21 heavy (non-hydrogen) atoms. The minimum absolute atomic E-state index is 0.233. The molecule has 1 amide bonds. The number of para-hydroxylation sites is 1. The Morgan fingerprint density at radius 3 is 2.76 bits per heavy atom. The summed E-state index contributed by atoms with van der Waals surface area (Å²) in [5.74, 6) is 1.21. The predicted molar refractivity (Wildman–Crippen MR) is 88.2 cm³/mol. The molecule has 0 saturated carbocycles. The molecular weight excluding hydrogens is 284 g/mol. The predicted octanol–water partition coefficient (Wildman–Crippen LogP) is 3.64. The van der Waals surface area contributed by atoms with E-state index in [0.29, 0.717) is 17.0 Å². The molecule has 4 nitrogen and oxygen atoms in total. The zero-order valence-electron chi connectivity index (χ0n) is 12.1. The van der Waals surface area contributed by atoms with Crippen LogP contribution in [0, 0.1) is 0 Å². The van der Waals surface area contributed by atoms with Gasteiger partial charge in [0.25, 0.3) is 5.91 Å². The minimum Gasteiger partial charge on any atom is -0.496 e. The fourth-order valence-electron chi connectivity index (χ4n) is 1.94. The SMILES string of the molecule is CCSc1ccccc1NC(=O)c1cc(N)ccc1OC. The van der Waals surface area contributed by atoms with Crippen molar-refractivity contribution in [2.45, 2.75) is 11.8 Å². The van der Waals surface area contributed by atoms with E-state index in [-0.39, 0.29) is 5.91 Å². The Hall–Kier alpha value is -2.14. The van der Waals surface area contributed by atoms with Crippen molar-refractivity contribution in [1.82, 2.24) is 0 Å². The highest BCUT2D eigenvalue weighted by Gasteiger charge is 2.14. The molecule has 0 unspecified atom stereocenters. The molecule has 3 N–H and O–H groups in total. The molecule has 0 spiro atoms. The summed E-state index contributed by atoms with van der Waals surface area (Å²) in [6.07, 6.45) is 0. The van der Waals surface area contributed by atoms with Gasteiger partial charge >= 0.3 is 0 Å². The molecular formula is C16H18N2O2S. The molecule has 0 aliphatic heterocycles. The third kappa shape index (κ3) is 3.70. The van der Waals surface area contributed by atoms with E-state index >= 15 is 0 Å².